The fourth-order valence-corrected chi connectivity index (χ4v) is 4.63. The number of hydrogen-bond donors (Lipinski definition) is 1. The van der Waals surface area contributed by atoms with Gasteiger partial charge in [0, 0.05) is 25.2 Å². The average molecular weight is 487 g/mol. The van der Waals surface area contributed by atoms with E-state index in [2.05, 4.69) is 65.0 Å². The minimum Gasteiger partial charge on any atom is -0.348 e. The second-order valence-corrected chi connectivity index (χ2v) is 8.95. The Bertz CT molecular complexity index is 1250. The van der Waals surface area contributed by atoms with Crippen LogP contribution in [0.25, 0.3) is 10.8 Å². The molecule has 5 heteroatoms. The Hall–Kier alpha value is -3.18. The number of hydroxylamine groups is 2. The van der Waals surface area contributed by atoms with Gasteiger partial charge in [0.1, 0.15) is 0 Å². The van der Waals surface area contributed by atoms with Gasteiger partial charge in [-0.15, -0.1) is 12.4 Å². The third-order valence-corrected chi connectivity index (χ3v) is 6.60. The summed E-state index contributed by atoms with van der Waals surface area (Å²) in [4.78, 5) is 18.8. The summed E-state index contributed by atoms with van der Waals surface area (Å²) in [5.41, 5.74) is 4.25. The third-order valence-electron chi connectivity index (χ3n) is 6.60. The van der Waals surface area contributed by atoms with Crippen molar-refractivity contribution in [1.82, 2.24) is 10.4 Å². The van der Waals surface area contributed by atoms with E-state index in [0.29, 0.717) is 19.1 Å². The zero-order valence-electron chi connectivity index (χ0n) is 19.7. The van der Waals surface area contributed by atoms with Crippen molar-refractivity contribution in [3.8, 4) is 0 Å². The van der Waals surface area contributed by atoms with Gasteiger partial charge in [0.15, 0.2) is 0 Å². The minimum atomic E-state index is -0.0261. The van der Waals surface area contributed by atoms with E-state index < -0.39 is 0 Å². The summed E-state index contributed by atoms with van der Waals surface area (Å²) in [6.45, 7) is 2.91. The van der Waals surface area contributed by atoms with Crippen molar-refractivity contribution in [2.24, 2.45) is 0 Å². The maximum atomic E-state index is 12.7. The fourth-order valence-electron chi connectivity index (χ4n) is 4.63. The second-order valence-electron chi connectivity index (χ2n) is 8.95. The molecule has 1 amide bonds. The van der Waals surface area contributed by atoms with Gasteiger partial charge in [0.25, 0.3) is 5.91 Å². The lowest BCUT2D eigenvalue weighted by Crippen LogP contribution is -2.33. The molecule has 0 aliphatic carbocycles. The molecule has 0 aromatic heterocycles. The molecule has 0 spiro atoms. The van der Waals surface area contributed by atoms with Crippen LogP contribution in [-0.4, -0.2) is 24.1 Å². The molecule has 5 rings (SSSR count). The highest BCUT2D eigenvalue weighted by Crippen LogP contribution is 2.29. The van der Waals surface area contributed by atoms with Gasteiger partial charge in [-0.05, 0) is 64.4 Å². The maximum absolute atomic E-state index is 12.7. The topological polar surface area (TPSA) is 41.6 Å². The lowest BCUT2D eigenvalue weighted by Gasteiger charge is -2.31. The van der Waals surface area contributed by atoms with Crippen molar-refractivity contribution in [2.75, 3.05) is 13.1 Å². The molecule has 1 aliphatic heterocycles. The summed E-state index contributed by atoms with van der Waals surface area (Å²) in [7, 11) is 0. The summed E-state index contributed by atoms with van der Waals surface area (Å²) in [5, 5.41) is 7.61. The second kappa shape index (κ2) is 12.0. The van der Waals surface area contributed by atoms with Gasteiger partial charge in [-0.25, -0.2) is 0 Å². The van der Waals surface area contributed by atoms with Crippen molar-refractivity contribution in [1.29, 1.82) is 0 Å². The van der Waals surface area contributed by atoms with Crippen molar-refractivity contribution in [3.05, 3.63) is 119 Å². The lowest BCUT2D eigenvalue weighted by atomic mass is 9.89. The number of carbonyl (C=O) groups excluding carboxylic acids is 1. The summed E-state index contributed by atoms with van der Waals surface area (Å²) in [5.74, 6) is 0.421. The maximum Gasteiger partial charge on any atom is 0.251 e. The third kappa shape index (κ3) is 6.49. The van der Waals surface area contributed by atoms with E-state index in [1.165, 1.54) is 21.9 Å². The smallest absolute Gasteiger partial charge is 0.251 e. The Balaban J connectivity index is 0.00000289. The quantitative estimate of drug-likeness (QED) is 0.324. The molecule has 0 radical (unpaired) electrons. The Morgan fingerprint density at radius 1 is 0.800 bits per heavy atom. The Morgan fingerprint density at radius 3 is 2.34 bits per heavy atom. The normalized spacial score (nSPS) is 14.4. The zero-order valence-corrected chi connectivity index (χ0v) is 20.5. The number of nitrogens with one attached hydrogen (secondary N) is 1. The fraction of sp³-hybridized carbons (Fsp3) is 0.233. The molecule has 4 nitrogen and oxygen atoms in total. The molecule has 180 valence electrons. The average Bonchev–Trinajstić information content (AvgIpc) is 2.91. The van der Waals surface area contributed by atoms with E-state index in [-0.39, 0.29) is 18.3 Å². The molecular weight excluding hydrogens is 456 g/mol. The number of amides is 1. The molecule has 1 N–H and O–H groups in total. The predicted octanol–water partition coefficient (Wildman–Crippen LogP) is 6.50. The molecule has 0 bridgehead atoms. The number of nitrogens with zero attached hydrogens (tertiary/aromatic N) is 1. The van der Waals surface area contributed by atoms with Gasteiger partial charge >= 0.3 is 0 Å². The van der Waals surface area contributed by atoms with Gasteiger partial charge in [0.2, 0.25) is 0 Å². The first-order valence-electron chi connectivity index (χ1n) is 12.0. The highest BCUT2D eigenvalue weighted by molar-refractivity contribution is 5.94. The Morgan fingerprint density at radius 2 is 1.54 bits per heavy atom. The van der Waals surface area contributed by atoms with Crippen LogP contribution in [0.1, 0.15) is 45.8 Å². The number of rotatable bonds is 7. The van der Waals surface area contributed by atoms with E-state index >= 15 is 0 Å². The van der Waals surface area contributed by atoms with E-state index in [1.807, 2.05) is 42.5 Å². The molecular formula is C30H31ClN2O2. The number of piperidine rings is 1. The van der Waals surface area contributed by atoms with Gasteiger partial charge in [-0.2, -0.15) is 5.06 Å². The summed E-state index contributed by atoms with van der Waals surface area (Å²) in [6, 6.07) is 33.0. The van der Waals surface area contributed by atoms with Crippen LogP contribution >= 0.6 is 12.4 Å². The SMILES string of the molecule is Cl.O=C(NCc1ccccc1)c1cccc(C2CCN(OCc3ccc4ccccc4c3)CC2)c1. The molecule has 0 unspecified atom stereocenters. The van der Waals surface area contributed by atoms with Crippen LogP contribution in [-0.2, 0) is 18.0 Å². The monoisotopic (exact) mass is 486 g/mol. The van der Waals surface area contributed by atoms with Crippen molar-refractivity contribution < 1.29 is 9.63 Å². The van der Waals surface area contributed by atoms with E-state index in [4.69, 9.17) is 4.84 Å². The number of benzene rings is 4. The highest BCUT2D eigenvalue weighted by Gasteiger charge is 2.22. The first kappa shape index (κ1) is 24.9. The number of carbonyl (C=O) groups is 1. The van der Waals surface area contributed by atoms with Crippen LogP contribution in [0.15, 0.2) is 97.1 Å². The predicted molar refractivity (Wildman–Crippen MR) is 144 cm³/mol. The van der Waals surface area contributed by atoms with Crippen molar-refractivity contribution >= 4 is 29.1 Å². The van der Waals surface area contributed by atoms with Gasteiger partial charge in [-0.3, -0.25) is 9.63 Å². The number of hydrogen-bond acceptors (Lipinski definition) is 3. The summed E-state index contributed by atoms with van der Waals surface area (Å²) < 4.78 is 0. The molecule has 35 heavy (non-hydrogen) atoms. The van der Waals surface area contributed by atoms with Crippen LogP contribution in [0, 0.1) is 0 Å². The number of fused-ring (bicyclic) bond motifs is 1. The van der Waals surface area contributed by atoms with Crippen LogP contribution in [0.4, 0.5) is 0 Å². The van der Waals surface area contributed by atoms with Crippen LogP contribution in [0.5, 0.6) is 0 Å². The van der Waals surface area contributed by atoms with Crippen LogP contribution in [0.2, 0.25) is 0 Å². The van der Waals surface area contributed by atoms with Gasteiger partial charge < -0.3 is 5.32 Å². The molecule has 4 aromatic rings. The first-order chi connectivity index (χ1) is 16.7. The molecule has 0 saturated carbocycles. The van der Waals surface area contributed by atoms with Gasteiger partial charge in [-0.1, -0.05) is 78.9 Å². The molecule has 1 aliphatic rings. The van der Waals surface area contributed by atoms with Crippen LogP contribution in [0.3, 0.4) is 0 Å². The highest BCUT2D eigenvalue weighted by atomic mass is 35.5. The number of halogens is 1. The molecule has 1 heterocycles. The Labute approximate surface area is 213 Å². The zero-order chi connectivity index (χ0) is 23.2. The molecule has 1 fully saturated rings. The van der Waals surface area contributed by atoms with Crippen molar-refractivity contribution in [2.45, 2.75) is 31.9 Å². The summed E-state index contributed by atoms with van der Waals surface area (Å²) in [6.07, 6.45) is 2.04. The van der Waals surface area contributed by atoms with Gasteiger partial charge in [0.05, 0.1) is 6.61 Å². The van der Waals surface area contributed by atoms with E-state index in [0.717, 1.165) is 37.1 Å². The molecule has 4 aromatic carbocycles. The Kier molecular flexibility index (Phi) is 8.54. The van der Waals surface area contributed by atoms with E-state index in [1.54, 1.807) is 0 Å². The largest absolute Gasteiger partial charge is 0.348 e. The van der Waals surface area contributed by atoms with Crippen LogP contribution < -0.4 is 5.32 Å². The molecule has 1 saturated heterocycles. The van der Waals surface area contributed by atoms with Crippen molar-refractivity contribution in [3.63, 3.8) is 0 Å². The standard InChI is InChI=1S/C30H30N2O2.ClH/c33-30(31-21-23-7-2-1-3-8-23)29-12-6-11-28(20-29)26-15-17-32(18-16-26)34-22-24-13-14-25-9-4-5-10-27(25)19-24;/h1-14,19-20,26H,15-18,21-22H2,(H,31,33);1H. The molecule has 0 atom stereocenters. The lowest BCUT2D eigenvalue weighted by molar-refractivity contribution is -0.180. The minimum absolute atomic E-state index is 0. The summed E-state index contributed by atoms with van der Waals surface area (Å²) >= 11 is 0. The van der Waals surface area contributed by atoms with E-state index in [9.17, 15) is 4.79 Å². The first-order valence-corrected chi connectivity index (χ1v) is 12.0.